The summed E-state index contributed by atoms with van der Waals surface area (Å²) in [6.07, 6.45) is 2.94. The molecule has 13 heteroatoms. The molecule has 2 atom stereocenters. The van der Waals surface area contributed by atoms with Crippen LogP contribution in [0.25, 0.3) is 0 Å². The molecular weight excluding hydrogens is 601 g/mol. The molecule has 9 nitrogen and oxygen atoms in total. The monoisotopic (exact) mass is 638 g/mol. The van der Waals surface area contributed by atoms with Crippen LogP contribution in [0.3, 0.4) is 0 Å². The van der Waals surface area contributed by atoms with E-state index in [-0.39, 0.29) is 48.9 Å². The van der Waals surface area contributed by atoms with Gasteiger partial charge in [-0.2, -0.15) is 0 Å². The van der Waals surface area contributed by atoms with Crippen molar-refractivity contribution in [3.63, 3.8) is 0 Å². The average Bonchev–Trinajstić information content (AvgIpc) is 3.46. The molecule has 2 fully saturated rings. The summed E-state index contributed by atoms with van der Waals surface area (Å²) in [6.45, 7) is 1.33. The van der Waals surface area contributed by atoms with Gasteiger partial charge in [0.15, 0.2) is 11.6 Å². The third-order valence-electron chi connectivity index (χ3n) is 8.81. The fraction of sp³-hybridized carbons (Fsp3) is 0.484. The molecule has 0 radical (unpaired) electrons. The number of nitrogens with zero attached hydrogens (tertiary/aromatic N) is 2. The quantitative estimate of drug-likeness (QED) is 0.392. The largest absolute Gasteiger partial charge is 0.466 e. The minimum atomic E-state index is -1.20. The van der Waals surface area contributed by atoms with E-state index in [1.165, 1.54) is 31.3 Å². The van der Waals surface area contributed by atoms with Crippen molar-refractivity contribution in [2.75, 3.05) is 40.6 Å². The molecule has 2 aliphatic heterocycles. The Morgan fingerprint density at radius 1 is 1.05 bits per heavy atom. The topological polar surface area (TPSA) is 103 Å². The van der Waals surface area contributed by atoms with Gasteiger partial charge in [-0.05, 0) is 55.9 Å². The second-order valence-electron chi connectivity index (χ2n) is 11.4. The number of aliphatic hydroxyl groups is 1. The minimum absolute atomic E-state index is 0. The lowest BCUT2D eigenvalue weighted by Crippen LogP contribution is -2.54. The summed E-state index contributed by atoms with van der Waals surface area (Å²) in [7, 11) is 2.66. The first-order valence-electron chi connectivity index (χ1n) is 14.4. The van der Waals surface area contributed by atoms with E-state index in [1.807, 2.05) is 0 Å². The molecular formula is C31H38ClF3N4O5. The maximum Gasteiger partial charge on any atom is 0.338 e. The Balaban J connectivity index is 0.00000442. The number of esters is 1. The van der Waals surface area contributed by atoms with Gasteiger partial charge < -0.3 is 25.2 Å². The number of rotatable bonds is 7. The van der Waals surface area contributed by atoms with Crippen molar-refractivity contribution in [3.8, 4) is 0 Å². The maximum absolute atomic E-state index is 14.4. The van der Waals surface area contributed by atoms with Crippen LogP contribution in [0.5, 0.6) is 0 Å². The van der Waals surface area contributed by atoms with E-state index in [1.54, 1.807) is 18.2 Å². The van der Waals surface area contributed by atoms with Gasteiger partial charge in [-0.15, -0.1) is 12.4 Å². The number of carbonyl (C=O) groups excluding carboxylic acids is 2. The second kappa shape index (κ2) is 14.2. The van der Waals surface area contributed by atoms with Crippen LogP contribution >= 0.6 is 12.4 Å². The highest BCUT2D eigenvalue weighted by Crippen LogP contribution is 2.40. The predicted octanol–water partition coefficient (Wildman–Crippen LogP) is 4.12. The molecule has 0 bridgehead atoms. The van der Waals surface area contributed by atoms with Crippen molar-refractivity contribution in [1.82, 2.24) is 20.4 Å². The number of carbonyl (C=O) groups is 2. The molecule has 1 saturated heterocycles. The second-order valence-corrected chi connectivity index (χ2v) is 11.4. The van der Waals surface area contributed by atoms with Crippen molar-refractivity contribution in [2.24, 2.45) is 0 Å². The number of amides is 2. The molecule has 2 aromatic carbocycles. The standard InChI is InChI=1S/C31H37F3N4O5.ClH/c1-42-17-26-27(29(39)43-2)28(19-7-8-24(33)25(34)15-19)38(18-35-26)30(40)36-20-11-14-37(16-20)21-9-12-31(41,13-10-21)22-5-3-4-6-23(22)32;/h3-8,15,20-21,28,35,41H,9-14,16-18H2,1-2H3,(H,36,40);1H/t20-,21?,28+,31?;/m1./s1. The molecule has 3 N–H and O–H groups in total. The summed E-state index contributed by atoms with van der Waals surface area (Å²) >= 11 is 0. The van der Waals surface area contributed by atoms with Gasteiger partial charge in [0.25, 0.3) is 0 Å². The summed E-state index contributed by atoms with van der Waals surface area (Å²) in [5.74, 6) is -3.28. The number of methoxy groups -OCH3 is 2. The average molecular weight is 639 g/mol. The fourth-order valence-corrected chi connectivity index (χ4v) is 6.57. The van der Waals surface area contributed by atoms with Gasteiger partial charge in [-0.3, -0.25) is 9.80 Å². The predicted molar refractivity (Wildman–Crippen MR) is 158 cm³/mol. The van der Waals surface area contributed by atoms with Crippen LogP contribution in [0.2, 0.25) is 0 Å². The van der Waals surface area contributed by atoms with E-state index in [4.69, 9.17) is 9.47 Å². The molecule has 5 rings (SSSR count). The maximum atomic E-state index is 14.4. The van der Waals surface area contributed by atoms with Gasteiger partial charge in [0, 0.05) is 37.8 Å². The number of hydrogen-bond donors (Lipinski definition) is 3. The summed E-state index contributed by atoms with van der Waals surface area (Å²) in [5.41, 5.74) is -0.207. The van der Waals surface area contributed by atoms with Crippen LogP contribution in [-0.2, 0) is 19.9 Å². The van der Waals surface area contributed by atoms with Gasteiger partial charge in [0.1, 0.15) is 5.82 Å². The summed E-state index contributed by atoms with van der Waals surface area (Å²) in [5, 5.41) is 17.3. The first-order chi connectivity index (χ1) is 20.6. The van der Waals surface area contributed by atoms with Crippen molar-refractivity contribution in [2.45, 2.75) is 55.8 Å². The van der Waals surface area contributed by atoms with Gasteiger partial charge >= 0.3 is 12.0 Å². The van der Waals surface area contributed by atoms with Crippen LogP contribution in [0.15, 0.2) is 53.7 Å². The lowest BCUT2D eigenvalue weighted by atomic mass is 9.77. The van der Waals surface area contributed by atoms with Crippen molar-refractivity contribution in [1.29, 1.82) is 0 Å². The van der Waals surface area contributed by atoms with E-state index in [0.29, 0.717) is 49.9 Å². The smallest absolute Gasteiger partial charge is 0.338 e. The highest BCUT2D eigenvalue weighted by atomic mass is 35.5. The van der Waals surface area contributed by atoms with Crippen molar-refractivity contribution >= 4 is 24.4 Å². The number of nitrogens with one attached hydrogen (secondary N) is 2. The zero-order valence-electron chi connectivity index (χ0n) is 24.7. The Morgan fingerprint density at radius 2 is 1.77 bits per heavy atom. The molecule has 0 spiro atoms. The first-order valence-corrected chi connectivity index (χ1v) is 14.4. The van der Waals surface area contributed by atoms with E-state index in [2.05, 4.69) is 15.5 Å². The molecule has 2 heterocycles. The number of halogens is 4. The number of likely N-dealkylation sites (tertiary alicyclic amines) is 1. The molecule has 1 saturated carbocycles. The van der Waals surface area contributed by atoms with Crippen LogP contribution in [0.4, 0.5) is 18.0 Å². The zero-order chi connectivity index (χ0) is 30.7. The van der Waals surface area contributed by atoms with E-state index >= 15 is 0 Å². The summed E-state index contributed by atoms with van der Waals surface area (Å²) in [4.78, 5) is 30.2. The minimum Gasteiger partial charge on any atom is -0.466 e. The van der Waals surface area contributed by atoms with E-state index in [9.17, 15) is 27.9 Å². The lowest BCUT2D eigenvalue weighted by Gasteiger charge is -2.40. The SMILES string of the molecule is COCC1=C(C(=O)OC)[C@H](c2ccc(F)c(F)c2)N(C(=O)N[C@@H]2CCN(C3CCC(O)(c4ccccc4F)CC3)C2)CN1.Cl. The molecule has 240 valence electrons. The highest BCUT2D eigenvalue weighted by Gasteiger charge is 2.42. The zero-order valence-corrected chi connectivity index (χ0v) is 25.5. The lowest BCUT2D eigenvalue weighted by molar-refractivity contribution is -0.137. The Hall–Kier alpha value is -3.32. The van der Waals surface area contributed by atoms with Crippen LogP contribution < -0.4 is 10.6 Å². The van der Waals surface area contributed by atoms with Gasteiger partial charge in [-0.25, -0.2) is 22.8 Å². The summed E-state index contributed by atoms with van der Waals surface area (Å²) < 4.78 is 52.7. The summed E-state index contributed by atoms with van der Waals surface area (Å²) in [6, 6.07) is 8.06. The third-order valence-corrected chi connectivity index (χ3v) is 8.81. The highest BCUT2D eigenvalue weighted by molar-refractivity contribution is 5.92. The van der Waals surface area contributed by atoms with E-state index in [0.717, 1.165) is 18.7 Å². The Labute approximate surface area is 260 Å². The fourth-order valence-electron chi connectivity index (χ4n) is 6.57. The molecule has 1 aliphatic carbocycles. The normalized spacial score (nSPS) is 25.7. The third kappa shape index (κ3) is 6.83. The Bertz CT molecular complexity index is 1390. The van der Waals surface area contributed by atoms with Crippen LogP contribution in [0, 0.1) is 17.5 Å². The van der Waals surface area contributed by atoms with Crippen LogP contribution in [-0.4, -0.2) is 79.6 Å². The van der Waals surface area contributed by atoms with Gasteiger partial charge in [0.05, 0.1) is 43.3 Å². The number of ether oxygens (including phenoxy) is 2. The molecule has 44 heavy (non-hydrogen) atoms. The Kier molecular flexibility index (Phi) is 10.8. The van der Waals surface area contributed by atoms with Gasteiger partial charge in [0.2, 0.25) is 0 Å². The number of urea groups is 1. The number of benzene rings is 2. The van der Waals surface area contributed by atoms with Gasteiger partial charge in [-0.1, -0.05) is 24.3 Å². The first kappa shape index (κ1) is 33.6. The molecule has 2 aromatic rings. The number of hydrogen-bond acceptors (Lipinski definition) is 7. The molecule has 0 aromatic heterocycles. The molecule has 3 aliphatic rings. The van der Waals surface area contributed by atoms with Crippen molar-refractivity contribution in [3.05, 3.63) is 82.3 Å². The Morgan fingerprint density at radius 3 is 2.43 bits per heavy atom. The molecule has 0 unspecified atom stereocenters. The van der Waals surface area contributed by atoms with E-state index < -0.39 is 41.1 Å². The van der Waals surface area contributed by atoms with Crippen molar-refractivity contribution < 1.29 is 37.3 Å². The molecule has 2 amide bonds. The van der Waals surface area contributed by atoms with Crippen LogP contribution in [0.1, 0.15) is 49.3 Å².